The lowest BCUT2D eigenvalue weighted by atomic mass is 9.94. The number of aliphatic carboxylic acids is 1. The Morgan fingerprint density at radius 1 is 1.41 bits per heavy atom. The van der Waals surface area contributed by atoms with E-state index in [1.807, 2.05) is 6.92 Å². The molecule has 0 saturated carbocycles. The number of carbonyl (C=O) groups is 2. The zero-order valence-electron chi connectivity index (χ0n) is 10.4. The molecular weight excluding hydrogens is 218 g/mol. The minimum Gasteiger partial charge on any atom is -0.481 e. The van der Waals surface area contributed by atoms with E-state index in [4.69, 9.17) is 5.11 Å². The van der Waals surface area contributed by atoms with Crippen LogP contribution in [0.2, 0.25) is 0 Å². The smallest absolute Gasteiger partial charge is 0.303 e. The summed E-state index contributed by atoms with van der Waals surface area (Å²) in [6, 6.07) is 0.0904. The Morgan fingerprint density at radius 3 is 2.76 bits per heavy atom. The molecule has 2 N–H and O–H groups in total. The number of hydrogen-bond acceptors (Lipinski definition) is 2. The van der Waals surface area contributed by atoms with Gasteiger partial charge in [-0.2, -0.15) is 0 Å². The Hall–Kier alpha value is -1.32. The molecule has 0 bridgehead atoms. The molecule has 0 aromatic heterocycles. The largest absolute Gasteiger partial charge is 0.481 e. The van der Waals surface area contributed by atoms with Crippen molar-refractivity contribution in [1.29, 1.82) is 0 Å². The SMILES string of the molecule is CC(NC(=O)CCCC(=O)O)C1=CCCCC1. The summed E-state index contributed by atoms with van der Waals surface area (Å²) in [6.07, 6.45) is 7.59. The highest BCUT2D eigenvalue weighted by Crippen LogP contribution is 2.20. The third-order valence-corrected chi connectivity index (χ3v) is 3.05. The van der Waals surface area contributed by atoms with E-state index in [1.165, 1.54) is 18.4 Å². The van der Waals surface area contributed by atoms with Crippen LogP contribution >= 0.6 is 0 Å². The summed E-state index contributed by atoms with van der Waals surface area (Å²) in [5, 5.41) is 11.4. The molecule has 0 radical (unpaired) electrons. The lowest BCUT2D eigenvalue weighted by Crippen LogP contribution is -2.34. The van der Waals surface area contributed by atoms with Gasteiger partial charge in [0.05, 0.1) is 0 Å². The number of allylic oxidation sites excluding steroid dienone is 1. The molecule has 1 atom stereocenters. The summed E-state index contributed by atoms with van der Waals surface area (Å²) in [5.41, 5.74) is 1.31. The lowest BCUT2D eigenvalue weighted by molar-refractivity contribution is -0.137. The third kappa shape index (κ3) is 5.52. The first-order chi connectivity index (χ1) is 8.09. The van der Waals surface area contributed by atoms with Gasteiger partial charge in [0.2, 0.25) is 5.91 Å². The van der Waals surface area contributed by atoms with Gasteiger partial charge in [-0.1, -0.05) is 11.6 Å². The highest BCUT2D eigenvalue weighted by atomic mass is 16.4. The first-order valence-corrected chi connectivity index (χ1v) is 6.29. The first-order valence-electron chi connectivity index (χ1n) is 6.29. The molecule has 1 amide bonds. The molecule has 0 aromatic rings. The molecule has 0 aliphatic heterocycles. The van der Waals surface area contributed by atoms with Crippen molar-refractivity contribution in [1.82, 2.24) is 5.32 Å². The van der Waals surface area contributed by atoms with E-state index in [9.17, 15) is 9.59 Å². The maximum absolute atomic E-state index is 11.5. The van der Waals surface area contributed by atoms with Crippen LogP contribution in [0.3, 0.4) is 0 Å². The average molecular weight is 239 g/mol. The summed E-state index contributed by atoms with van der Waals surface area (Å²) in [7, 11) is 0. The van der Waals surface area contributed by atoms with Crippen LogP contribution in [0.5, 0.6) is 0 Å². The normalized spacial score (nSPS) is 17.1. The Bertz CT molecular complexity index is 310. The summed E-state index contributed by atoms with van der Waals surface area (Å²) in [4.78, 5) is 21.9. The van der Waals surface area contributed by atoms with Gasteiger partial charge in [0.25, 0.3) is 0 Å². The van der Waals surface area contributed by atoms with Crippen molar-refractivity contribution in [3.8, 4) is 0 Å². The van der Waals surface area contributed by atoms with E-state index < -0.39 is 5.97 Å². The van der Waals surface area contributed by atoms with Crippen LogP contribution in [0.15, 0.2) is 11.6 Å². The van der Waals surface area contributed by atoms with E-state index >= 15 is 0 Å². The van der Waals surface area contributed by atoms with Gasteiger partial charge >= 0.3 is 5.97 Å². The molecule has 1 aliphatic carbocycles. The predicted octanol–water partition coefficient (Wildman–Crippen LogP) is 2.25. The zero-order chi connectivity index (χ0) is 12.7. The van der Waals surface area contributed by atoms with Crippen LogP contribution in [0.4, 0.5) is 0 Å². The highest BCUT2D eigenvalue weighted by Gasteiger charge is 2.13. The molecule has 0 fully saturated rings. The van der Waals surface area contributed by atoms with E-state index in [0.717, 1.165) is 12.8 Å². The fourth-order valence-electron chi connectivity index (χ4n) is 2.06. The fraction of sp³-hybridized carbons (Fsp3) is 0.692. The molecule has 0 spiro atoms. The molecule has 17 heavy (non-hydrogen) atoms. The van der Waals surface area contributed by atoms with E-state index in [0.29, 0.717) is 12.8 Å². The van der Waals surface area contributed by atoms with Crippen molar-refractivity contribution in [2.24, 2.45) is 0 Å². The summed E-state index contributed by atoms with van der Waals surface area (Å²) in [5.74, 6) is -0.897. The average Bonchev–Trinajstić information content (AvgIpc) is 2.29. The van der Waals surface area contributed by atoms with E-state index in [2.05, 4.69) is 11.4 Å². The Balaban J connectivity index is 2.25. The standard InChI is InChI=1S/C13H21NO3/c1-10(11-6-3-2-4-7-11)14-12(15)8-5-9-13(16)17/h6,10H,2-5,7-9H2,1H3,(H,14,15)(H,16,17). The van der Waals surface area contributed by atoms with Crippen molar-refractivity contribution < 1.29 is 14.7 Å². The molecule has 1 aliphatic rings. The fourth-order valence-corrected chi connectivity index (χ4v) is 2.06. The number of carbonyl (C=O) groups excluding carboxylic acids is 1. The van der Waals surface area contributed by atoms with Crippen molar-refractivity contribution in [2.45, 2.75) is 57.9 Å². The Kier molecular flexibility index (Phi) is 5.73. The maximum Gasteiger partial charge on any atom is 0.303 e. The monoisotopic (exact) mass is 239 g/mol. The van der Waals surface area contributed by atoms with Gasteiger partial charge in [0.1, 0.15) is 0 Å². The quantitative estimate of drug-likeness (QED) is 0.699. The van der Waals surface area contributed by atoms with E-state index in [-0.39, 0.29) is 18.4 Å². The van der Waals surface area contributed by atoms with Crippen LogP contribution < -0.4 is 5.32 Å². The summed E-state index contributed by atoms with van der Waals surface area (Å²) in [6.45, 7) is 1.99. The second-order valence-corrected chi connectivity index (χ2v) is 4.56. The molecular formula is C13H21NO3. The van der Waals surface area contributed by atoms with Crippen LogP contribution in [0, 0.1) is 0 Å². The highest BCUT2D eigenvalue weighted by molar-refractivity contribution is 5.77. The van der Waals surface area contributed by atoms with Crippen molar-refractivity contribution in [3.05, 3.63) is 11.6 Å². The van der Waals surface area contributed by atoms with Gasteiger partial charge in [-0.15, -0.1) is 0 Å². The molecule has 1 unspecified atom stereocenters. The number of carboxylic acid groups (broad SMARTS) is 1. The van der Waals surface area contributed by atoms with Crippen molar-refractivity contribution >= 4 is 11.9 Å². The summed E-state index contributed by atoms with van der Waals surface area (Å²) < 4.78 is 0. The van der Waals surface area contributed by atoms with Crippen LogP contribution in [-0.4, -0.2) is 23.0 Å². The lowest BCUT2D eigenvalue weighted by Gasteiger charge is -2.20. The molecule has 0 heterocycles. The molecule has 96 valence electrons. The van der Waals surface area contributed by atoms with Gasteiger partial charge in [0, 0.05) is 18.9 Å². The second kappa shape index (κ2) is 7.09. The predicted molar refractivity (Wildman–Crippen MR) is 65.6 cm³/mol. The van der Waals surface area contributed by atoms with Gasteiger partial charge in [-0.3, -0.25) is 9.59 Å². The first kappa shape index (κ1) is 13.7. The van der Waals surface area contributed by atoms with Crippen LogP contribution in [0.25, 0.3) is 0 Å². The Labute approximate surface area is 102 Å². The van der Waals surface area contributed by atoms with Gasteiger partial charge in [-0.25, -0.2) is 0 Å². The number of rotatable bonds is 6. The molecule has 0 aromatic carbocycles. The third-order valence-electron chi connectivity index (χ3n) is 3.05. The van der Waals surface area contributed by atoms with Crippen molar-refractivity contribution in [3.63, 3.8) is 0 Å². The number of nitrogens with one attached hydrogen (secondary N) is 1. The Morgan fingerprint density at radius 2 is 2.18 bits per heavy atom. The maximum atomic E-state index is 11.5. The second-order valence-electron chi connectivity index (χ2n) is 4.56. The number of amides is 1. The number of carboxylic acids is 1. The molecule has 0 saturated heterocycles. The van der Waals surface area contributed by atoms with Gasteiger partial charge < -0.3 is 10.4 Å². The zero-order valence-corrected chi connectivity index (χ0v) is 10.4. The summed E-state index contributed by atoms with van der Waals surface area (Å²) >= 11 is 0. The minimum absolute atomic E-state index is 0.0507. The van der Waals surface area contributed by atoms with Crippen LogP contribution in [-0.2, 0) is 9.59 Å². The van der Waals surface area contributed by atoms with Crippen LogP contribution in [0.1, 0.15) is 51.9 Å². The van der Waals surface area contributed by atoms with E-state index in [1.54, 1.807) is 0 Å². The number of hydrogen-bond donors (Lipinski definition) is 2. The molecule has 4 nitrogen and oxygen atoms in total. The van der Waals surface area contributed by atoms with Crippen molar-refractivity contribution in [2.75, 3.05) is 0 Å². The topological polar surface area (TPSA) is 66.4 Å². The minimum atomic E-state index is -0.846. The molecule has 4 heteroatoms. The molecule has 1 rings (SSSR count). The van der Waals surface area contributed by atoms with Gasteiger partial charge in [-0.05, 0) is 39.0 Å². The van der Waals surface area contributed by atoms with Gasteiger partial charge in [0.15, 0.2) is 0 Å².